The Balaban J connectivity index is 2.84. The van der Waals surface area contributed by atoms with E-state index in [1.807, 2.05) is 0 Å². The first-order valence-corrected chi connectivity index (χ1v) is 5.74. The number of rotatable bonds is 5. The van der Waals surface area contributed by atoms with Gasteiger partial charge in [0.2, 0.25) is 0 Å². The molecule has 0 bridgehead atoms. The largest absolute Gasteiger partial charge is 0.396 e. The molecule has 0 radical (unpaired) electrons. The molecule has 0 aliphatic rings. The highest BCUT2D eigenvalue weighted by Gasteiger charge is 2.15. The summed E-state index contributed by atoms with van der Waals surface area (Å²) in [6, 6.07) is 0. The zero-order chi connectivity index (χ0) is 11.4. The third-order valence-corrected chi connectivity index (χ3v) is 2.71. The predicted octanol–water partition coefficient (Wildman–Crippen LogP) is 2.40. The lowest BCUT2D eigenvalue weighted by Crippen LogP contribution is -2.05. The number of hydrogen-bond donors (Lipinski definition) is 2. The number of aliphatic hydroxyl groups is 1. The highest BCUT2D eigenvalue weighted by Crippen LogP contribution is 2.19. The van der Waals surface area contributed by atoms with Gasteiger partial charge in [0.1, 0.15) is 5.82 Å². The van der Waals surface area contributed by atoms with Gasteiger partial charge in [-0.1, -0.05) is 20.8 Å². The van der Waals surface area contributed by atoms with Crippen molar-refractivity contribution in [2.75, 3.05) is 6.61 Å². The van der Waals surface area contributed by atoms with Gasteiger partial charge in [-0.2, -0.15) is 0 Å². The van der Waals surface area contributed by atoms with Gasteiger partial charge in [0.05, 0.1) is 12.3 Å². The Labute approximate surface area is 91.9 Å². The second kappa shape index (κ2) is 5.31. The molecule has 3 nitrogen and oxygen atoms in total. The Kier molecular flexibility index (Phi) is 4.33. The van der Waals surface area contributed by atoms with Crippen LogP contribution in [0.4, 0.5) is 0 Å². The maximum absolute atomic E-state index is 9.20. The van der Waals surface area contributed by atoms with Crippen molar-refractivity contribution >= 4 is 0 Å². The summed E-state index contributed by atoms with van der Waals surface area (Å²) in [5.41, 5.74) is 2.29. The molecule has 0 spiro atoms. The zero-order valence-electron chi connectivity index (χ0n) is 10.2. The van der Waals surface area contributed by atoms with Crippen LogP contribution >= 0.6 is 0 Å². The van der Waals surface area contributed by atoms with Gasteiger partial charge in [-0.05, 0) is 25.7 Å². The summed E-state index contributed by atoms with van der Waals surface area (Å²) in [6.45, 7) is 8.68. The van der Waals surface area contributed by atoms with Crippen LogP contribution in [0.3, 0.4) is 0 Å². The van der Waals surface area contributed by atoms with Crippen molar-refractivity contribution in [1.29, 1.82) is 0 Å². The number of H-pyrrole nitrogens is 1. The van der Waals surface area contributed by atoms with Crippen molar-refractivity contribution < 1.29 is 5.11 Å². The molecular formula is C12H22N2O. The minimum absolute atomic E-state index is 0.157. The number of aliphatic hydroxyl groups excluding tert-OH is 1. The van der Waals surface area contributed by atoms with Gasteiger partial charge >= 0.3 is 0 Å². The maximum atomic E-state index is 9.20. The van der Waals surface area contributed by atoms with Crippen LogP contribution in [0.1, 0.15) is 50.3 Å². The second-order valence-corrected chi connectivity index (χ2v) is 4.58. The first-order valence-electron chi connectivity index (χ1n) is 5.74. The number of nitrogens with one attached hydrogen (secondary N) is 1. The highest BCUT2D eigenvalue weighted by atomic mass is 16.3. The molecule has 2 N–H and O–H groups in total. The van der Waals surface area contributed by atoms with Gasteiger partial charge in [0.25, 0.3) is 0 Å². The van der Waals surface area contributed by atoms with Crippen LogP contribution in [0.15, 0.2) is 0 Å². The van der Waals surface area contributed by atoms with E-state index in [9.17, 15) is 5.11 Å². The van der Waals surface area contributed by atoms with E-state index in [1.54, 1.807) is 0 Å². The molecule has 0 aliphatic carbocycles. The Morgan fingerprint density at radius 3 is 2.53 bits per heavy atom. The van der Waals surface area contributed by atoms with Crippen LogP contribution in [0.25, 0.3) is 0 Å². The minimum Gasteiger partial charge on any atom is -0.396 e. The molecule has 1 unspecified atom stereocenters. The molecule has 1 rings (SSSR count). The molecule has 1 heterocycles. The van der Waals surface area contributed by atoms with Crippen LogP contribution in [0, 0.1) is 12.8 Å². The lowest BCUT2D eigenvalue weighted by Gasteiger charge is -2.06. The quantitative estimate of drug-likeness (QED) is 0.784. The number of hydrogen-bond acceptors (Lipinski definition) is 2. The standard InChI is InChI=1S/C12H22N2O/c1-5-10(7-15)12-13-9(4)11(14-12)6-8(2)3/h8,10,15H,5-7H2,1-4H3,(H,13,14). The van der Waals surface area contributed by atoms with Gasteiger partial charge in [-0.3, -0.25) is 0 Å². The van der Waals surface area contributed by atoms with Crippen molar-refractivity contribution in [2.24, 2.45) is 5.92 Å². The van der Waals surface area contributed by atoms with E-state index in [0.717, 1.165) is 30.1 Å². The van der Waals surface area contributed by atoms with E-state index in [-0.39, 0.29) is 12.5 Å². The maximum Gasteiger partial charge on any atom is 0.111 e. The highest BCUT2D eigenvalue weighted by molar-refractivity contribution is 5.15. The molecule has 0 aromatic carbocycles. The summed E-state index contributed by atoms with van der Waals surface area (Å²) in [6.07, 6.45) is 1.93. The van der Waals surface area contributed by atoms with Crippen molar-refractivity contribution in [1.82, 2.24) is 9.97 Å². The van der Waals surface area contributed by atoms with E-state index in [0.29, 0.717) is 5.92 Å². The monoisotopic (exact) mass is 210 g/mol. The zero-order valence-corrected chi connectivity index (χ0v) is 10.2. The lowest BCUT2D eigenvalue weighted by molar-refractivity contribution is 0.258. The summed E-state index contributed by atoms with van der Waals surface area (Å²) in [4.78, 5) is 7.86. The second-order valence-electron chi connectivity index (χ2n) is 4.58. The van der Waals surface area contributed by atoms with Crippen LogP contribution in [0.5, 0.6) is 0 Å². The van der Waals surface area contributed by atoms with Crippen LogP contribution in [-0.2, 0) is 6.42 Å². The summed E-state index contributed by atoms with van der Waals surface area (Å²) in [7, 11) is 0. The van der Waals surface area contributed by atoms with Crippen LogP contribution in [0.2, 0.25) is 0 Å². The van der Waals surface area contributed by atoms with Crippen LogP contribution < -0.4 is 0 Å². The fraction of sp³-hybridized carbons (Fsp3) is 0.750. The smallest absolute Gasteiger partial charge is 0.111 e. The third kappa shape index (κ3) is 3.06. The molecule has 0 saturated carbocycles. The molecule has 3 heteroatoms. The van der Waals surface area contributed by atoms with Gasteiger partial charge in [0, 0.05) is 11.6 Å². The van der Waals surface area contributed by atoms with Gasteiger partial charge < -0.3 is 10.1 Å². The summed E-state index contributed by atoms with van der Waals surface area (Å²) in [5.74, 6) is 1.71. The fourth-order valence-corrected chi connectivity index (χ4v) is 1.71. The topological polar surface area (TPSA) is 48.9 Å². The van der Waals surface area contributed by atoms with Crippen molar-refractivity contribution in [3.63, 3.8) is 0 Å². The molecule has 0 aliphatic heterocycles. The number of imidazole rings is 1. The summed E-state index contributed by atoms with van der Waals surface area (Å²) >= 11 is 0. The number of aryl methyl sites for hydroxylation is 1. The van der Waals surface area contributed by atoms with E-state index in [1.165, 1.54) is 0 Å². The van der Waals surface area contributed by atoms with Gasteiger partial charge in [-0.15, -0.1) is 0 Å². The Morgan fingerprint density at radius 1 is 1.40 bits per heavy atom. The molecule has 15 heavy (non-hydrogen) atoms. The molecule has 0 saturated heterocycles. The summed E-state index contributed by atoms with van der Waals surface area (Å²) in [5, 5.41) is 9.20. The Bertz CT molecular complexity index is 301. The van der Waals surface area contributed by atoms with E-state index >= 15 is 0 Å². The SMILES string of the molecule is CCC(CO)c1nc(CC(C)C)c(C)[nH]1. The Morgan fingerprint density at radius 2 is 2.07 bits per heavy atom. The fourth-order valence-electron chi connectivity index (χ4n) is 1.71. The van der Waals surface area contributed by atoms with Crippen molar-refractivity contribution in [3.8, 4) is 0 Å². The molecular weight excluding hydrogens is 188 g/mol. The molecule has 86 valence electrons. The first-order chi connectivity index (χ1) is 7.08. The molecule has 1 aromatic rings. The third-order valence-electron chi connectivity index (χ3n) is 2.71. The van der Waals surface area contributed by atoms with Gasteiger partial charge in [-0.25, -0.2) is 4.98 Å². The number of aromatic amines is 1. The lowest BCUT2D eigenvalue weighted by atomic mass is 10.1. The van der Waals surface area contributed by atoms with E-state index in [4.69, 9.17) is 0 Å². The van der Waals surface area contributed by atoms with Crippen molar-refractivity contribution in [2.45, 2.75) is 46.5 Å². The minimum atomic E-state index is 0.157. The van der Waals surface area contributed by atoms with Crippen molar-refractivity contribution in [3.05, 3.63) is 17.2 Å². The normalized spacial score (nSPS) is 13.5. The average molecular weight is 210 g/mol. The first kappa shape index (κ1) is 12.2. The Hall–Kier alpha value is -0.830. The number of aromatic nitrogens is 2. The van der Waals surface area contributed by atoms with Gasteiger partial charge in [0.15, 0.2) is 0 Å². The molecule has 1 aromatic heterocycles. The van der Waals surface area contributed by atoms with Crippen LogP contribution in [-0.4, -0.2) is 21.7 Å². The molecule has 1 atom stereocenters. The van der Waals surface area contributed by atoms with E-state index in [2.05, 4.69) is 37.7 Å². The summed E-state index contributed by atoms with van der Waals surface area (Å²) < 4.78 is 0. The predicted molar refractivity (Wildman–Crippen MR) is 62.0 cm³/mol. The average Bonchev–Trinajstić information content (AvgIpc) is 2.49. The molecule has 0 fully saturated rings. The van der Waals surface area contributed by atoms with E-state index < -0.39 is 0 Å². The number of nitrogens with zero attached hydrogens (tertiary/aromatic N) is 1. The molecule has 0 amide bonds.